The second kappa shape index (κ2) is 10.6. The Balaban J connectivity index is 1.33. The van der Waals surface area contributed by atoms with Crippen LogP contribution in [-0.2, 0) is 0 Å². The molecule has 2 aliphatic heterocycles. The van der Waals surface area contributed by atoms with Crippen molar-refractivity contribution in [2.75, 3.05) is 40.5 Å². The zero-order valence-corrected chi connectivity index (χ0v) is 18.9. The van der Waals surface area contributed by atoms with Gasteiger partial charge in [-0.05, 0) is 81.2 Å². The monoisotopic (exact) mass is 437 g/mol. The third-order valence-corrected chi connectivity index (χ3v) is 5.93. The fourth-order valence-electron chi connectivity index (χ4n) is 4.16. The van der Waals surface area contributed by atoms with E-state index in [1.165, 1.54) is 32.4 Å². The van der Waals surface area contributed by atoms with Gasteiger partial charge in [0.15, 0.2) is 17.3 Å². The van der Waals surface area contributed by atoms with Crippen LogP contribution in [0.5, 0.6) is 23.0 Å². The lowest BCUT2D eigenvalue weighted by molar-refractivity contribution is 0.101. The molecule has 0 atom stereocenters. The third kappa shape index (κ3) is 5.25. The van der Waals surface area contributed by atoms with E-state index in [-0.39, 0.29) is 11.5 Å². The van der Waals surface area contributed by atoms with Gasteiger partial charge in [0.2, 0.25) is 5.78 Å². The minimum atomic E-state index is -0.136. The summed E-state index contributed by atoms with van der Waals surface area (Å²) in [6.07, 6.45) is 7.88. The van der Waals surface area contributed by atoms with Crippen molar-refractivity contribution >= 4 is 11.9 Å². The van der Waals surface area contributed by atoms with E-state index in [0.29, 0.717) is 29.4 Å². The molecule has 0 amide bonds. The van der Waals surface area contributed by atoms with Gasteiger partial charge < -0.3 is 23.8 Å². The van der Waals surface area contributed by atoms with E-state index >= 15 is 0 Å². The van der Waals surface area contributed by atoms with Crippen LogP contribution in [0.15, 0.2) is 42.2 Å². The molecule has 4 rings (SSSR count). The van der Waals surface area contributed by atoms with Crippen molar-refractivity contribution in [2.24, 2.45) is 0 Å². The van der Waals surface area contributed by atoms with E-state index in [9.17, 15) is 4.79 Å². The number of likely N-dealkylation sites (tertiary alicyclic amines) is 1. The molecule has 32 heavy (non-hydrogen) atoms. The molecule has 2 heterocycles. The maximum atomic E-state index is 12.7. The molecule has 0 spiro atoms. The van der Waals surface area contributed by atoms with Gasteiger partial charge in [0.1, 0.15) is 11.5 Å². The van der Waals surface area contributed by atoms with Crippen molar-refractivity contribution in [2.45, 2.75) is 32.1 Å². The van der Waals surface area contributed by atoms with E-state index in [1.807, 2.05) is 18.2 Å². The number of piperidine rings is 1. The van der Waals surface area contributed by atoms with Crippen LogP contribution in [0, 0.1) is 0 Å². The largest absolute Gasteiger partial charge is 0.493 e. The summed E-state index contributed by atoms with van der Waals surface area (Å²) in [5.41, 5.74) is 1.35. The Bertz CT molecular complexity index is 978. The number of benzene rings is 2. The van der Waals surface area contributed by atoms with Gasteiger partial charge in [-0.25, -0.2) is 0 Å². The number of Topliss-reactive ketones (excluding diaryl/α,β-unsaturated/α-hetero) is 1. The van der Waals surface area contributed by atoms with Gasteiger partial charge >= 0.3 is 0 Å². The van der Waals surface area contributed by atoms with Gasteiger partial charge in [0.25, 0.3) is 0 Å². The average molecular weight is 438 g/mol. The minimum Gasteiger partial charge on any atom is -0.493 e. The Labute approximate surface area is 189 Å². The molecule has 0 aromatic heterocycles. The Morgan fingerprint density at radius 3 is 2.56 bits per heavy atom. The molecule has 0 bridgehead atoms. The second-order valence-corrected chi connectivity index (χ2v) is 8.17. The van der Waals surface area contributed by atoms with Crippen molar-refractivity contribution in [3.63, 3.8) is 0 Å². The number of rotatable bonds is 9. The third-order valence-electron chi connectivity index (χ3n) is 5.93. The van der Waals surface area contributed by atoms with Crippen LogP contribution in [0.4, 0.5) is 0 Å². The van der Waals surface area contributed by atoms with Crippen LogP contribution in [0.3, 0.4) is 0 Å². The standard InChI is InChI=1S/C26H31NO5/c1-29-22-11-8-19(16-24(22)30-2)17-25-26(28)21-10-9-20(18-23(21)32-25)31-15-7-6-14-27-12-4-3-5-13-27/h8-11,16-18H,3-7,12-15H2,1-2H3/b25-17+. The highest BCUT2D eigenvalue weighted by molar-refractivity contribution is 6.14. The number of unbranched alkanes of at least 4 members (excludes halogenated alkanes) is 1. The fourth-order valence-corrected chi connectivity index (χ4v) is 4.16. The molecule has 0 unspecified atom stereocenters. The maximum Gasteiger partial charge on any atom is 0.231 e. The molecule has 1 fully saturated rings. The van der Waals surface area contributed by atoms with E-state index in [4.69, 9.17) is 18.9 Å². The predicted octanol–water partition coefficient (Wildman–Crippen LogP) is 4.96. The van der Waals surface area contributed by atoms with Crippen molar-refractivity contribution in [1.29, 1.82) is 0 Å². The number of ether oxygens (including phenoxy) is 4. The number of methoxy groups -OCH3 is 2. The molecular weight excluding hydrogens is 406 g/mol. The summed E-state index contributed by atoms with van der Waals surface area (Å²) in [4.78, 5) is 15.3. The lowest BCUT2D eigenvalue weighted by Gasteiger charge is -2.26. The smallest absolute Gasteiger partial charge is 0.231 e. The van der Waals surface area contributed by atoms with Crippen LogP contribution in [0.25, 0.3) is 6.08 Å². The van der Waals surface area contributed by atoms with E-state index in [0.717, 1.165) is 30.7 Å². The summed E-state index contributed by atoms with van der Waals surface area (Å²) in [6.45, 7) is 4.27. The Kier molecular flexibility index (Phi) is 7.32. The molecule has 6 nitrogen and oxygen atoms in total. The van der Waals surface area contributed by atoms with Crippen molar-refractivity contribution in [1.82, 2.24) is 4.90 Å². The van der Waals surface area contributed by atoms with Crippen LogP contribution in [0.1, 0.15) is 48.0 Å². The average Bonchev–Trinajstić information content (AvgIpc) is 3.13. The fraction of sp³-hybridized carbons (Fsp3) is 0.423. The zero-order chi connectivity index (χ0) is 22.3. The molecule has 2 aromatic carbocycles. The van der Waals surface area contributed by atoms with Gasteiger partial charge in [0.05, 0.1) is 26.4 Å². The number of ketones is 1. The maximum absolute atomic E-state index is 12.7. The van der Waals surface area contributed by atoms with Crippen LogP contribution in [0.2, 0.25) is 0 Å². The van der Waals surface area contributed by atoms with Crippen LogP contribution in [-0.4, -0.2) is 51.1 Å². The van der Waals surface area contributed by atoms with Gasteiger partial charge in [0, 0.05) is 6.07 Å². The molecule has 0 saturated carbocycles. The first-order valence-electron chi connectivity index (χ1n) is 11.3. The van der Waals surface area contributed by atoms with Crippen LogP contribution < -0.4 is 18.9 Å². The number of fused-ring (bicyclic) bond motifs is 1. The minimum absolute atomic E-state index is 0.136. The van der Waals surface area contributed by atoms with Gasteiger partial charge in [-0.2, -0.15) is 0 Å². The summed E-state index contributed by atoms with van der Waals surface area (Å²) in [5, 5.41) is 0. The summed E-state index contributed by atoms with van der Waals surface area (Å²) < 4.78 is 22.4. The van der Waals surface area contributed by atoms with Crippen molar-refractivity contribution in [3.8, 4) is 23.0 Å². The Morgan fingerprint density at radius 2 is 1.78 bits per heavy atom. The molecule has 6 heteroatoms. The van der Waals surface area contributed by atoms with Crippen molar-refractivity contribution in [3.05, 3.63) is 53.3 Å². The number of nitrogens with zero attached hydrogens (tertiary/aromatic N) is 1. The van der Waals surface area contributed by atoms with E-state index in [2.05, 4.69) is 4.90 Å². The first-order valence-corrected chi connectivity index (χ1v) is 11.3. The van der Waals surface area contributed by atoms with E-state index in [1.54, 1.807) is 38.5 Å². The first-order chi connectivity index (χ1) is 15.7. The zero-order valence-electron chi connectivity index (χ0n) is 18.9. The molecule has 170 valence electrons. The molecule has 0 radical (unpaired) electrons. The number of hydrogen-bond acceptors (Lipinski definition) is 6. The lowest BCUT2D eigenvalue weighted by Crippen LogP contribution is -2.30. The summed E-state index contributed by atoms with van der Waals surface area (Å²) in [6, 6.07) is 10.9. The molecule has 1 saturated heterocycles. The Morgan fingerprint density at radius 1 is 0.969 bits per heavy atom. The van der Waals surface area contributed by atoms with E-state index < -0.39 is 0 Å². The van der Waals surface area contributed by atoms with Gasteiger partial charge in [-0.3, -0.25) is 4.79 Å². The summed E-state index contributed by atoms with van der Waals surface area (Å²) in [7, 11) is 3.17. The Hall–Kier alpha value is -2.99. The second-order valence-electron chi connectivity index (χ2n) is 8.17. The number of allylic oxidation sites excluding steroid dienone is 1. The SMILES string of the molecule is COc1ccc(/C=C2/Oc3cc(OCCCCN4CCCCC4)ccc3C2=O)cc1OC. The predicted molar refractivity (Wildman–Crippen MR) is 124 cm³/mol. The van der Waals surface area contributed by atoms with Gasteiger partial charge in [-0.1, -0.05) is 12.5 Å². The van der Waals surface area contributed by atoms with Gasteiger partial charge in [-0.15, -0.1) is 0 Å². The number of carbonyl (C=O) groups is 1. The summed E-state index contributed by atoms with van der Waals surface area (Å²) >= 11 is 0. The summed E-state index contributed by atoms with van der Waals surface area (Å²) in [5.74, 6) is 2.64. The quantitative estimate of drug-likeness (QED) is 0.408. The highest BCUT2D eigenvalue weighted by Crippen LogP contribution is 2.36. The topological polar surface area (TPSA) is 57.2 Å². The molecular formula is C26H31NO5. The highest BCUT2D eigenvalue weighted by Gasteiger charge is 2.27. The number of hydrogen-bond donors (Lipinski definition) is 0. The normalized spacial score (nSPS) is 17.2. The molecule has 2 aromatic rings. The number of carbonyl (C=O) groups excluding carboxylic acids is 1. The lowest BCUT2D eigenvalue weighted by atomic mass is 10.1. The molecule has 0 N–H and O–H groups in total. The molecule has 2 aliphatic rings. The van der Waals surface area contributed by atoms with Crippen molar-refractivity contribution < 1.29 is 23.7 Å². The first kappa shape index (κ1) is 22.2. The van der Waals surface area contributed by atoms with Crippen LogP contribution >= 0.6 is 0 Å². The molecule has 0 aliphatic carbocycles. The highest BCUT2D eigenvalue weighted by atomic mass is 16.5.